The molecule has 0 aliphatic carbocycles. The Bertz CT molecular complexity index is 954. The van der Waals surface area contributed by atoms with Gasteiger partial charge in [0.05, 0.1) is 19.2 Å². The van der Waals surface area contributed by atoms with Crippen LogP contribution < -0.4 is 4.74 Å². The minimum atomic E-state index is -0.392. The first kappa shape index (κ1) is 18.9. The van der Waals surface area contributed by atoms with Crippen molar-refractivity contribution in [3.8, 4) is 17.0 Å². The van der Waals surface area contributed by atoms with Crippen LogP contribution in [0.15, 0.2) is 48.5 Å². The van der Waals surface area contributed by atoms with Gasteiger partial charge >= 0.3 is 5.97 Å². The van der Waals surface area contributed by atoms with E-state index in [0.29, 0.717) is 22.2 Å². The fourth-order valence-corrected chi connectivity index (χ4v) is 2.79. The third-order valence-electron chi connectivity index (χ3n) is 4.05. The number of hydrogen-bond acceptors (Lipinski definition) is 4. The number of carbonyl (C=O) groups is 1. The molecule has 0 atom stereocenters. The molecule has 0 fully saturated rings. The molecule has 0 N–H and O–H groups in total. The monoisotopic (exact) mass is 388 g/mol. The standard InChI is InChI=1S/C20H18ClFN2O3/c1-24-16(11-20(25)27-12-13-3-6-15(22)7-4-13)10-18(23-24)17-8-5-14(21)9-19(17)26-2/h3-10H,11-12H2,1-2H3. The summed E-state index contributed by atoms with van der Waals surface area (Å²) in [5, 5.41) is 5.01. The molecule has 0 aliphatic heterocycles. The van der Waals surface area contributed by atoms with Crippen LogP contribution >= 0.6 is 11.6 Å². The summed E-state index contributed by atoms with van der Waals surface area (Å²) in [6.45, 7) is 0.0921. The number of hydrogen-bond donors (Lipinski definition) is 0. The van der Waals surface area contributed by atoms with E-state index in [1.54, 1.807) is 43.1 Å². The Morgan fingerprint density at radius 3 is 2.63 bits per heavy atom. The van der Waals surface area contributed by atoms with Gasteiger partial charge in [-0.15, -0.1) is 0 Å². The lowest BCUT2D eigenvalue weighted by atomic mass is 10.1. The molecule has 1 aromatic heterocycles. The minimum absolute atomic E-state index is 0.0700. The van der Waals surface area contributed by atoms with Crippen LogP contribution in [0.5, 0.6) is 5.75 Å². The second-order valence-electron chi connectivity index (χ2n) is 5.95. The van der Waals surface area contributed by atoms with E-state index in [0.717, 1.165) is 11.1 Å². The SMILES string of the molecule is COc1cc(Cl)ccc1-c1cc(CC(=O)OCc2ccc(F)cc2)n(C)n1. The van der Waals surface area contributed by atoms with Crippen LogP contribution in [-0.4, -0.2) is 22.9 Å². The number of carbonyl (C=O) groups excluding carboxylic acids is 1. The predicted octanol–water partition coefficient (Wildman–Crippen LogP) is 4.17. The highest BCUT2D eigenvalue weighted by Crippen LogP contribution is 2.32. The van der Waals surface area contributed by atoms with Crippen molar-refractivity contribution in [1.29, 1.82) is 0 Å². The van der Waals surface area contributed by atoms with Gasteiger partial charge in [0.2, 0.25) is 0 Å². The van der Waals surface area contributed by atoms with Gasteiger partial charge in [0, 0.05) is 23.3 Å². The Morgan fingerprint density at radius 2 is 1.93 bits per heavy atom. The maximum atomic E-state index is 12.9. The summed E-state index contributed by atoms with van der Waals surface area (Å²) < 4.78 is 25.1. The summed E-state index contributed by atoms with van der Waals surface area (Å²) in [7, 11) is 3.32. The highest BCUT2D eigenvalue weighted by atomic mass is 35.5. The van der Waals surface area contributed by atoms with Crippen LogP contribution in [0.25, 0.3) is 11.3 Å². The van der Waals surface area contributed by atoms with Crippen LogP contribution in [0.2, 0.25) is 5.02 Å². The zero-order valence-electron chi connectivity index (χ0n) is 14.9. The molecule has 0 amide bonds. The van der Waals surface area contributed by atoms with Gasteiger partial charge in [0.1, 0.15) is 18.2 Å². The van der Waals surface area contributed by atoms with Gasteiger partial charge in [-0.25, -0.2) is 4.39 Å². The first-order valence-corrected chi connectivity index (χ1v) is 8.61. The molecule has 3 aromatic rings. The normalized spacial score (nSPS) is 10.7. The quantitative estimate of drug-likeness (QED) is 0.594. The fraction of sp³-hybridized carbons (Fsp3) is 0.200. The van der Waals surface area contributed by atoms with E-state index in [1.165, 1.54) is 12.1 Å². The third kappa shape index (κ3) is 4.65. The number of benzene rings is 2. The molecule has 0 bridgehead atoms. The molecule has 0 aliphatic rings. The largest absolute Gasteiger partial charge is 0.496 e. The Labute approximate surface area is 161 Å². The molecular weight excluding hydrogens is 371 g/mol. The van der Waals surface area contributed by atoms with Crippen LogP contribution in [0.4, 0.5) is 4.39 Å². The Balaban J connectivity index is 1.69. The van der Waals surface area contributed by atoms with E-state index in [4.69, 9.17) is 21.1 Å². The maximum Gasteiger partial charge on any atom is 0.312 e. The average Bonchev–Trinajstić information content (AvgIpc) is 3.01. The van der Waals surface area contributed by atoms with Gasteiger partial charge in [0.25, 0.3) is 0 Å². The number of halogens is 2. The maximum absolute atomic E-state index is 12.9. The highest BCUT2D eigenvalue weighted by Gasteiger charge is 2.15. The zero-order valence-corrected chi connectivity index (χ0v) is 15.7. The number of ether oxygens (including phenoxy) is 2. The van der Waals surface area contributed by atoms with Gasteiger partial charge in [-0.05, 0) is 42.0 Å². The number of aromatic nitrogens is 2. The van der Waals surface area contributed by atoms with Gasteiger partial charge in [-0.2, -0.15) is 5.10 Å². The van der Waals surface area contributed by atoms with E-state index in [1.807, 2.05) is 12.1 Å². The summed E-state index contributed by atoms with van der Waals surface area (Å²) in [5.74, 6) is -0.117. The molecule has 7 heteroatoms. The fourth-order valence-electron chi connectivity index (χ4n) is 2.62. The lowest BCUT2D eigenvalue weighted by Crippen LogP contribution is -2.11. The summed E-state index contributed by atoms with van der Waals surface area (Å²) in [6, 6.07) is 12.9. The van der Waals surface area contributed by atoms with Crippen molar-refractivity contribution < 1.29 is 18.7 Å². The highest BCUT2D eigenvalue weighted by molar-refractivity contribution is 6.30. The van der Waals surface area contributed by atoms with E-state index >= 15 is 0 Å². The molecule has 27 heavy (non-hydrogen) atoms. The van der Waals surface area contributed by atoms with E-state index in [-0.39, 0.29) is 18.8 Å². The molecular formula is C20H18ClFN2O3. The summed E-state index contributed by atoms with van der Waals surface area (Å²) in [6.07, 6.45) is 0.0700. The summed E-state index contributed by atoms with van der Waals surface area (Å²) in [5.41, 5.74) is 2.88. The topological polar surface area (TPSA) is 53.4 Å². The zero-order chi connectivity index (χ0) is 19.4. The van der Waals surface area contributed by atoms with Crippen molar-refractivity contribution >= 4 is 17.6 Å². The van der Waals surface area contributed by atoms with Crippen molar-refractivity contribution in [1.82, 2.24) is 9.78 Å². The van der Waals surface area contributed by atoms with Gasteiger partial charge in [-0.3, -0.25) is 9.48 Å². The van der Waals surface area contributed by atoms with Gasteiger partial charge in [0.15, 0.2) is 0 Å². The molecule has 2 aromatic carbocycles. The summed E-state index contributed by atoms with van der Waals surface area (Å²) in [4.78, 5) is 12.1. The smallest absolute Gasteiger partial charge is 0.312 e. The predicted molar refractivity (Wildman–Crippen MR) is 100 cm³/mol. The molecule has 140 valence electrons. The second-order valence-corrected chi connectivity index (χ2v) is 6.39. The molecule has 0 saturated carbocycles. The van der Waals surface area contributed by atoms with E-state index in [9.17, 15) is 9.18 Å². The number of nitrogens with zero attached hydrogens (tertiary/aromatic N) is 2. The molecule has 3 rings (SSSR count). The van der Waals surface area contributed by atoms with Crippen LogP contribution in [0.1, 0.15) is 11.3 Å². The second kappa shape index (κ2) is 8.22. The molecule has 0 saturated heterocycles. The van der Waals surface area contributed by atoms with Crippen LogP contribution in [0.3, 0.4) is 0 Å². The van der Waals surface area contributed by atoms with Crippen LogP contribution in [0, 0.1) is 5.82 Å². The summed E-state index contributed by atoms with van der Waals surface area (Å²) >= 11 is 5.99. The number of rotatable bonds is 6. The molecule has 0 spiro atoms. The van der Waals surface area contributed by atoms with E-state index in [2.05, 4.69) is 5.10 Å². The number of methoxy groups -OCH3 is 1. The molecule has 0 radical (unpaired) electrons. The average molecular weight is 389 g/mol. The minimum Gasteiger partial charge on any atom is -0.496 e. The number of esters is 1. The van der Waals surface area contributed by atoms with Crippen molar-refractivity contribution in [2.24, 2.45) is 7.05 Å². The Morgan fingerprint density at radius 1 is 1.19 bits per heavy atom. The Kier molecular flexibility index (Phi) is 5.76. The lowest BCUT2D eigenvalue weighted by molar-refractivity contribution is -0.144. The van der Waals surface area contributed by atoms with Crippen molar-refractivity contribution in [3.63, 3.8) is 0 Å². The number of aryl methyl sites for hydroxylation is 1. The molecule has 1 heterocycles. The molecule has 5 nitrogen and oxygen atoms in total. The van der Waals surface area contributed by atoms with Gasteiger partial charge in [-0.1, -0.05) is 23.7 Å². The molecule has 0 unspecified atom stereocenters. The first-order valence-electron chi connectivity index (χ1n) is 8.23. The third-order valence-corrected chi connectivity index (χ3v) is 4.29. The Hall–Kier alpha value is -2.86. The van der Waals surface area contributed by atoms with Crippen LogP contribution in [-0.2, 0) is 29.6 Å². The van der Waals surface area contributed by atoms with Crippen molar-refractivity contribution in [2.75, 3.05) is 7.11 Å². The lowest BCUT2D eigenvalue weighted by Gasteiger charge is -2.06. The van der Waals surface area contributed by atoms with E-state index < -0.39 is 5.97 Å². The van der Waals surface area contributed by atoms with Crippen molar-refractivity contribution in [3.05, 3.63) is 70.6 Å². The first-order chi connectivity index (χ1) is 13.0. The van der Waals surface area contributed by atoms with Crippen molar-refractivity contribution in [2.45, 2.75) is 13.0 Å². The van der Waals surface area contributed by atoms with Gasteiger partial charge < -0.3 is 9.47 Å².